The van der Waals surface area contributed by atoms with E-state index in [9.17, 15) is 13.2 Å². The number of pyridine rings is 1. The van der Waals surface area contributed by atoms with Crippen molar-refractivity contribution in [1.29, 1.82) is 0 Å². The first-order valence-corrected chi connectivity index (χ1v) is 12.2. The highest BCUT2D eigenvalue weighted by Gasteiger charge is 2.31. The summed E-state index contributed by atoms with van der Waals surface area (Å²) >= 11 is 0. The van der Waals surface area contributed by atoms with Gasteiger partial charge in [-0.3, -0.25) is 19.4 Å². The fourth-order valence-corrected chi connectivity index (χ4v) is 5.14. The number of ether oxygens (including phenoxy) is 2. The summed E-state index contributed by atoms with van der Waals surface area (Å²) in [6, 6.07) is 9.25. The molecule has 4 rings (SSSR count). The van der Waals surface area contributed by atoms with Gasteiger partial charge in [0.05, 0.1) is 30.4 Å². The molecule has 2 aliphatic rings. The molecule has 32 heavy (non-hydrogen) atoms. The van der Waals surface area contributed by atoms with E-state index < -0.39 is 10.0 Å². The molecule has 9 nitrogen and oxygen atoms in total. The number of hydrogen-bond donors (Lipinski definition) is 2. The summed E-state index contributed by atoms with van der Waals surface area (Å²) < 4.78 is 38.7. The normalized spacial score (nSPS) is 20.6. The minimum absolute atomic E-state index is 0.0835. The van der Waals surface area contributed by atoms with Crippen LogP contribution in [0.2, 0.25) is 0 Å². The zero-order valence-electron chi connectivity index (χ0n) is 17.8. The lowest BCUT2D eigenvalue weighted by Crippen LogP contribution is -2.52. The number of carbonyl (C=O) groups is 1. The molecule has 0 saturated carbocycles. The Labute approximate surface area is 188 Å². The largest absolute Gasteiger partial charge is 0.381 e. The Hall–Kier alpha value is -2.53. The van der Waals surface area contributed by atoms with Crippen molar-refractivity contribution in [2.75, 3.05) is 50.8 Å². The van der Waals surface area contributed by atoms with Gasteiger partial charge in [-0.15, -0.1) is 0 Å². The molecule has 1 amide bonds. The van der Waals surface area contributed by atoms with Crippen molar-refractivity contribution in [2.24, 2.45) is 5.92 Å². The van der Waals surface area contributed by atoms with Crippen LogP contribution in [0.1, 0.15) is 16.8 Å². The topological polar surface area (TPSA) is 110 Å². The van der Waals surface area contributed by atoms with Gasteiger partial charge in [-0.2, -0.15) is 0 Å². The lowest BCUT2D eigenvalue weighted by Gasteiger charge is -2.37. The molecular weight excluding hydrogens is 432 g/mol. The van der Waals surface area contributed by atoms with Crippen LogP contribution in [0.25, 0.3) is 0 Å². The number of amides is 1. The summed E-state index contributed by atoms with van der Waals surface area (Å²) in [5.41, 5.74) is 0.836. The van der Waals surface area contributed by atoms with Crippen molar-refractivity contribution in [3.05, 3.63) is 54.4 Å². The van der Waals surface area contributed by atoms with Crippen LogP contribution in [-0.2, 0) is 19.5 Å². The maximum atomic E-state index is 12.7. The predicted molar refractivity (Wildman–Crippen MR) is 119 cm³/mol. The van der Waals surface area contributed by atoms with Crippen molar-refractivity contribution in [3.8, 4) is 0 Å². The van der Waals surface area contributed by atoms with E-state index in [4.69, 9.17) is 9.47 Å². The van der Waals surface area contributed by atoms with E-state index >= 15 is 0 Å². The predicted octanol–water partition coefficient (Wildman–Crippen LogP) is 1.35. The second-order valence-electron chi connectivity index (χ2n) is 7.92. The quantitative estimate of drug-likeness (QED) is 0.612. The molecular formula is C22H28N4O5S. The van der Waals surface area contributed by atoms with Crippen molar-refractivity contribution < 1.29 is 22.7 Å². The van der Waals surface area contributed by atoms with Crippen LogP contribution in [0.5, 0.6) is 0 Å². The highest BCUT2D eigenvalue weighted by Crippen LogP contribution is 2.22. The van der Waals surface area contributed by atoms with Gasteiger partial charge in [-0.25, -0.2) is 8.42 Å². The molecule has 2 aromatic rings. The van der Waals surface area contributed by atoms with Crippen molar-refractivity contribution in [1.82, 2.24) is 15.2 Å². The lowest BCUT2D eigenvalue weighted by atomic mass is 9.96. The van der Waals surface area contributed by atoms with Gasteiger partial charge in [0.2, 0.25) is 0 Å². The zero-order valence-corrected chi connectivity index (χ0v) is 18.6. The van der Waals surface area contributed by atoms with Crippen LogP contribution in [0, 0.1) is 5.92 Å². The summed E-state index contributed by atoms with van der Waals surface area (Å²) in [5.74, 6) is 0.147. The maximum absolute atomic E-state index is 12.7. The van der Waals surface area contributed by atoms with Gasteiger partial charge in [0.1, 0.15) is 0 Å². The summed E-state index contributed by atoms with van der Waals surface area (Å²) in [6.45, 7) is 5.04. The van der Waals surface area contributed by atoms with E-state index in [0.717, 1.165) is 26.1 Å². The molecule has 0 radical (unpaired) electrons. The van der Waals surface area contributed by atoms with E-state index in [-0.39, 0.29) is 16.8 Å². The maximum Gasteiger partial charge on any atom is 0.261 e. The molecule has 2 N–H and O–H groups in total. The second-order valence-corrected chi connectivity index (χ2v) is 9.60. The van der Waals surface area contributed by atoms with Crippen molar-refractivity contribution >= 4 is 21.6 Å². The lowest BCUT2D eigenvalue weighted by molar-refractivity contribution is 0.00166. The zero-order chi connectivity index (χ0) is 22.4. The fourth-order valence-electron chi connectivity index (χ4n) is 4.08. The van der Waals surface area contributed by atoms with Gasteiger partial charge in [-0.05, 0) is 42.8 Å². The van der Waals surface area contributed by atoms with Gasteiger partial charge < -0.3 is 14.8 Å². The summed E-state index contributed by atoms with van der Waals surface area (Å²) in [7, 11) is -3.75. The number of aromatic nitrogens is 1. The standard InChI is InChI=1S/C22H28N4O5S/c27-22(24-15-21(18-7-12-31-16-18)26-10-13-30-14-11-26)17-1-3-20(4-2-17)32(28,29)25-19-5-8-23-9-6-19/h1-6,8-9,18,21H,7,10-16H2,(H,23,25)(H,24,27). The fraction of sp³-hybridized carbons (Fsp3) is 0.455. The Morgan fingerprint density at radius 3 is 2.44 bits per heavy atom. The highest BCUT2D eigenvalue weighted by atomic mass is 32.2. The first-order valence-electron chi connectivity index (χ1n) is 10.7. The van der Waals surface area contributed by atoms with Crippen LogP contribution in [0.4, 0.5) is 5.69 Å². The molecule has 0 aliphatic carbocycles. The van der Waals surface area contributed by atoms with Crippen LogP contribution in [0.15, 0.2) is 53.7 Å². The molecule has 0 spiro atoms. The Kier molecular flexibility index (Phi) is 7.36. The van der Waals surface area contributed by atoms with Gasteiger partial charge in [0.25, 0.3) is 15.9 Å². The Morgan fingerprint density at radius 1 is 1.06 bits per heavy atom. The Balaban J connectivity index is 1.38. The highest BCUT2D eigenvalue weighted by molar-refractivity contribution is 7.92. The van der Waals surface area contributed by atoms with Crippen LogP contribution < -0.4 is 10.0 Å². The number of nitrogens with zero attached hydrogens (tertiary/aromatic N) is 2. The van der Waals surface area contributed by atoms with Crippen molar-refractivity contribution in [3.63, 3.8) is 0 Å². The first-order chi connectivity index (χ1) is 15.5. The number of sulfonamides is 1. The third kappa shape index (κ3) is 5.63. The first kappa shape index (κ1) is 22.7. The molecule has 2 fully saturated rings. The van der Waals surface area contributed by atoms with E-state index in [1.165, 1.54) is 36.7 Å². The molecule has 1 aromatic carbocycles. The van der Waals surface area contributed by atoms with E-state index in [0.29, 0.717) is 43.5 Å². The molecule has 172 valence electrons. The minimum Gasteiger partial charge on any atom is -0.381 e. The molecule has 3 heterocycles. The van der Waals surface area contributed by atoms with Gasteiger partial charge in [0, 0.05) is 56.2 Å². The van der Waals surface area contributed by atoms with E-state index in [2.05, 4.69) is 19.9 Å². The molecule has 2 unspecified atom stereocenters. The number of anilines is 1. The third-order valence-electron chi connectivity index (χ3n) is 5.85. The summed E-state index contributed by atoms with van der Waals surface area (Å²) in [6.07, 6.45) is 4.00. The smallest absolute Gasteiger partial charge is 0.261 e. The van der Waals surface area contributed by atoms with E-state index in [1.807, 2.05) is 0 Å². The van der Waals surface area contributed by atoms with Gasteiger partial charge >= 0.3 is 0 Å². The number of carbonyl (C=O) groups excluding carboxylic acids is 1. The number of rotatable bonds is 8. The summed E-state index contributed by atoms with van der Waals surface area (Å²) in [5, 5.41) is 3.02. The number of hydrogen-bond acceptors (Lipinski definition) is 7. The monoisotopic (exact) mass is 460 g/mol. The Morgan fingerprint density at radius 2 is 1.78 bits per heavy atom. The average Bonchev–Trinajstić information content (AvgIpc) is 3.35. The molecule has 2 saturated heterocycles. The van der Waals surface area contributed by atoms with Gasteiger partial charge in [0.15, 0.2) is 0 Å². The van der Waals surface area contributed by atoms with Crippen LogP contribution in [0.3, 0.4) is 0 Å². The van der Waals surface area contributed by atoms with Crippen LogP contribution >= 0.6 is 0 Å². The molecule has 2 atom stereocenters. The third-order valence-corrected chi connectivity index (χ3v) is 7.25. The van der Waals surface area contributed by atoms with E-state index in [1.54, 1.807) is 12.1 Å². The summed E-state index contributed by atoms with van der Waals surface area (Å²) in [4.78, 5) is 19.1. The minimum atomic E-state index is -3.75. The second kappa shape index (κ2) is 10.4. The number of benzene rings is 1. The number of nitrogens with one attached hydrogen (secondary N) is 2. The van der Waals surface area contributed by atoms with Gasteiger partial charge in [-0.1, -0.05) is 0 Å². The number of morpholine rings is 1. The molecule has 0 bridgehead atoms. The van der Waals surface area contributed by atoms with Crippen LogP contribution in [-0.4, -0.2) is 76.3 Å². The Bertz CT molecular complexity index is 989. The SMILES string of the molecule is O=C(NCC(C1CCOC1)N1CCOCC1)c1ccc(S(=O)(=O)Nc2ccncc2)cc1. The average molecular weight is 461 g/mol. The molecule has 2 aliphatic heterocycles. The molecule has 10 heteroatoms. The molecule has 1 aromatic heterocycles. The van der Waals surface area contributed by atoms with Crippen molar-refractivity contribution in [2.45, 2.75) is 17.4 Å².